The first kappa shape index (κ1) is 33.9. The number of carbonyl (C=O) groups is 1. The molecule has 0 saturated heterocycles. The van der Waals surface area contributed by atoms with Crippen molar-refractivity contribution in [1.82, 2.24) is 0 Å². The maximum Gasteiger partial charge on any atom is 0.303 e. The first-order chi connectivity index (χ1) is 14.4. The maximum absolute atomic E-state index is 10.1. The zero-order valence-corrected chi connectivity index (χ0v) is 19.7. The van der Waals surface area contributed by atoms with E-state index in [2.05, 4.69) is 20.8 Å². The summed E-state index contributed by atoms with van der Waals surface area (Å²) in [6.07, 6.45) is 13.8. The van der Waals surface area contributed by atoms with Gasteiger partial charge in [-0.2, -0.15) is 0 Å². The van der Waals surface area contributed by atoms with Crippen LogP contribution in [0.3, 0.4) is 0 Å². The summed E-state index contributed by atoms with van der Waals surface area (Å²) in [5, 5.41) is 41.3. The van der Waals surface area contributed by atoms with Crippen LogP contribution in [0.4, 0.5) is 0 Å². The average Bonchev–Trinajstić information content (AvgIpc) is 2.75. The second-order valence-corrected chi connectivity index (χ2v) is 7.41. The van der Waals surface area contributed by atoms with Crippen molar-refractivity contribution < 1.29 is 35.1 Å². The largest absolute Gasteiger partial charge is 0.481 e. The normalized spacial score (nSPS) is 12.2. The van der Waals surface area contributed by atoms with Crippen molar-refractivity contribution in [2.24, 2.45) is 0 Å². The monoisotopic (exact) mass is 438 g/mol. The van der Waals surface area contributed by atoms with E-state index in [1.54, 1.807) is 0 Å². The van der Waals surface area contributed by atoms with Crippen LogP contribution in [0.1, 0.15) is 104 Å². The molecule has 0 aliphatic carbocycles. The predicted molar refractivity (Wildman–Crippen MR) is 122 cm³/mol. The first-order valence-corrected chi connectivity index (χ1v) is 11.8. The summed E-state index contributed by atoms with van der Waals surface area (Å²) in [5.74, 6) is -0.663. The van der Waals surface area contributed by atoms with Crippen molar-refractivity contribution in [2.45, 2.75) is 116 Å². The molecule has 0 amide bonds. The van der Waals surface area contributed by atoms with Crippen molar-refractivity contribution >= 4 is 5.97 Å². The zero-order chi connectivity index (χ0) is 23.5. The van der Waals surface area contributed by atoms with Crippen molar-refractivity contribution in [1.29, 1.82) is 0 Å². The fraction of sp³-hybridized carbons (Fsp3) is 0.957. The molecular weight excluding hydrogens is 388 g/mol. The van der Waals surface area contributed by atoms with E-state index in [-0.39, 0.29) is 32.5 Å². The number of aliphatic carboxylic acids is 1. The van der Waals surface area contributed by atoms with Crippen LogP contribution in [-0.2, 0) is 9.53 Å². The molecule has 30 heavy (non-hydrogen) atoms. The fourth-order valence-corrected chi connectivity index (χ4v) is 2.56. The minimum atomic E-state index is -0.727. The van der Waals surface area contributed by atoms with E-state index in [1.807, 2.05) is 0 Å². The maximum atomic E-state index is 10.1. The molecule has 0 spiro atoms. The fourth-order valence-electron chi connectivity index (χ4n) is 2.56. The van der Waals surface area contributed by atoms with E-state index in [0.717, 1.165) is 25.7 Å². The summed E-state index contributed by atoms with van der Waals surface area (Å²) >= 11 is 0. The third kappa shape index (κ3) is 34.8. The standard InChI is InChI=1S/C11H24O3.C10H20O2.C2H6O2/c1-3-5-6-7-11(4-2)14-9-10(13)8-12;1-2-3-4-5-6-7-8-9-10(11)12;3-1-2-4/h10-13H,3-9H2,1-2H3;2-9H2,1H3,(H,11,12);3-4H,1-2H2. The summed E-state index contributed by atoms with van der Waals surface area (Å²) in [6.45, 7) is 6.25. The van der Waals surface area contributed by atoms with E-state index in [1.165, 1.54) is 51.4 Å². The quantitative estimate of drug-likeness (QED) is 0.205. The Morgan fingerprint density at radius 1 is 0.800 bits per heavy atom. The van der Waals surface area contributed by atoms with Gasteiger partial charge < -0.3 is 30.3 Å². The van der Waals surface area contributed by atoms with Gasteiger partial charge in [0.15, 0.2) is 0 Å². The molecule has 0 radical (unpaired) electrons. The molecule has 0 fully saturated rings. The topological polar surface area (TPSA) is 127 Å². The van der Waals surface area contributed by atoms with E-state index in [9.17, 15) is 4.79 Å². The minimum absolute atomic E-state index is 0.125. The number of aliphatic hydroxyl groups excluding tert-OH is 4. The van der Waals surface area contributed by atoms with Crippen molar-refractivity contribution in [3.8, 4) is 0 Å². The Bertz CT molecular complexity index is 312. The molecular formula is C23H50O7. The van der Waals surface area contributed by atoms with E-state index < -0.39 is 12.1 Å². The molecule has 2 unspecified atom stereocenters. The summed E-state index contributed by atoms with van der Waals surface area (Å²) in [5.41, 5.74) is 0. The lowest BCUT2D eigenvalue weighted by Gasteiger charge is -2.17. The molecule has 7 heteroatoms. The third-order valence-electron chi connectivity index (χ3n) is 4.41. The van der Waals surface area contributed by atoms with Crippen LogP contribution in [0.5, 0.6) is 0 Å². The number of carboxylic acids is 1. The van der Waals surface area contributed by atoms with E-state index in [4.69, 9.17) is 30.3 Å². The van der Waals surface area contributed by atoms with Crippen molar-refractivity contribution in [3.63, 3.8) is 0 Å². The number of aliphatic hydroxyl groups is 4. The Morgan fingerprint density at radius 3 is 1.73 bits per heavy atom. The Morgan fingerprint density at radius 2 is 1.30 bits per heavy atom. The number of hydrogen-bond donors (Lipinski definition) is 5. The average molecular weight is 439 g/mol. The molecule has 5 N–H and O–H groups in total. The lowest BCUT2D eigenvalue weighted by atomic mass is 10.1. The van der Waals surface area contributed by atoms with Gasteiger partial charge in [-0.1, -0.05) is 78.6 Å². The molecule has 0 aliphatic heterocycles. The molecule has 0 bridgehead atoms. The minimum Gasteiger partial charge on any atom is -0.481 e. The number of carboxylic acid groups (broad SMARTS) is 1. The van der Waals surface area contributed by atoms with Crippen LogP contribution in [0.2, 0.25) is 0 Å². The van der Waals surface area contributed by atoms with Crippen molar-refractivity contribution in [2.75, 3.05) is 26.4 Å². The molecule has 0 aromatic heterocycles. The van der Waals surface area contributed by atoms with Gasteiger partial charge in [-0.25, -0.2) is 0 Å². The SMILES string of the molecule is CCCCCC(CC)OCC(O)CO.CCCCCCCCCC(=O)O.OCCO. The highest BCUT2D eigenvalue weighted by atomic mass is 16.5. The summed E-state index contributed by atoms with van der Waals surface area (Å²) in [6, 6.07) is 0. The van der Waals surface area contributed by atoms with Gasteiger partial charge in [0.25, 0.3) is 0 Å². The summed E-state index contributed by atoms with van der Waals surface area (Å²) in [4.78, 5) is 10.1. The van der Waals surface area contributed by atoms with Crippen LogP contribution in [0.25, 0.3) is 0 Å². The Labute approximate surface area is 184 Å². The predicted octanol–water partition coefficient (Wildman–Crippen LogP) is 3.90. The molecule has 0 heterocycles. The Balaban J connectivity index is -0.000000416. The highest BCUT2D eigenvalue weighted by Crippen LogP contribution is 2.10. The van der Waals surface area contributed by atoms with Gasteiger partial charge in [-0.3, -0.25) is 4.79 Å². The molecule has 2 atom stereocenters. The number of rotatable bonds is 18. The number of unbranched alkanes of at least 4 members (excludes halogenated alkanes) is 8. The summed E-state index contributed by atoms with van der Waals surface area (Å²) < 4.78 is 5.48. The Kier molecular flexibility index (Phi) is 34.4. The van der Waals surface area contributed by atoms with Gasteiger partial charge in [-0.15, -0.1) is 0 Å². The van der Waals surface area contributed by atoms with Gasteiger partial charge in [0.1, 0.15) is 6.10 Å². The van der Waals surface area contributed by atoms with Crippen LogP contribution >= 0.6 is 0 Å². The second-order valence-electron chi connectivity index (χ2n) is 7.41. The molecule has 0 aromatic rings. The van der Waals surface area contributed by atoms with Gasteiger partial charge in [0, 0.05) is 6.42 Å². The molecule has 0 saturated carbocycles. The molecule has 0 aliphatic rings. The molecule has 184 valence electrons. The first-order valence-electron chi connectivity index (χ1n) is 11.8. The van der Waals surface area contributed by atoms with Gasteiger partial charge >= 0.3 is 5.97 Å². The van der Waals surface area contributed by atoms with Gasteiger partial charge in [0.2, 0.25) is 0 Å². The van der Waals surface area contributed by atoms with Crippen LogP contribution in [0.15, 0.2) is 0 Å². The highest BCUT2D eigenvalue weighted by molar-refractivity contribution is 5.66. The highest BCUT2D eigenvalue weighted by Gasteiger charge is 2.09. The van der Waals surface area contributed by atoms with Gasteiger partial charge in [0.05, 0.1) is 32.5 Å². The van der Waals surface area contributed by atoms with Crippen LogP contribution < -0.4 is 0 Å². The number of hydrogen-bond acceptors (Lipinski definition) is 6. The second kappa shape index (κ2) is 30.5. The Hall–Kier alpha value is -0.730. The summed E-state index contributed by atoms with van der Waals surface area (Å²) in [7, 11) is 0. The molecule has 0 rings (SSSR count). The van der Waals surface area contributed by atoms with Gasteiger partial charge in [-0.05, 0) is 19.3 Å². The lowest BCUT2D eigenvalue weighted by Crippen LogP contribution is -2.24. The smallest absolute Gasteiger partial charge is 0.303 e. The van der Waals surface area contributed by atoms with E-state index in [0.29, 0.717) is 6.42 Å². The van der Waals surface area contributed by atoms with Crippen LogP contribution in [0, 0.1) is 0 Å². The third-order valence-corrected chi connectivity index (χ3v) is 4.41. The van der Waals surface area contributed by atoms with Crippen molar-refractivity contribution in [3.05, 3.63) is 0 Å². The lowest BCUT2D eigenvalue weighted by molar-refractivity contribution is -0.137. The van der Waals surface area contributed by atoms with Crippen LogP contribution in [-0.4, -0.2) is 70.1 Å². The van der Waals surface area contributed by atoms with E-state index >= 15 is 0 Å². The molecule has 0 aromatic carbocycles. The zero-order valence-electron chi connectivity index (χ0n) is 19.7. The molecule has 7 nitrogen and oxygen atoms in total. The number of ether oxygens (including phenoxy) is 1.